The van der Waals surface area contributed by atoms with Gasteiger partial charge in [-0.1, -0.05) is 13.8 Å². The number of likely N-dealkylation sites (N-methyl/N-ethyl adjacent to an activating group) is 1. The van der Waals surface area contributed by atoms with Gasteiger partial charge < -0.3 is 19.7 Å². The van der Waals surface area contributed by atoms with E-state index in [0.29, 0.717) is 12.0 Å². The molecule has 18 heavy (non-hydrogen) atoms. The molecular formula is C14H30N2O2. The van der Waals surface area contributed by atoms with Crippen LogP contribution in [0.3, 0.4) is 0 Å². The van der Waals surface area contributed by atoms with Crippen molar-refractivity contribution in [1.29, 1.82) is 0 Å². The molecule has 1 aliphatic rings. The summed E-state index contributed by atoms with van der Waals surface area (Å²) in [6.07, 6.45) is 1.14. The fourth-order valence-corrected chi connectivity index (χ4v) is 2.56. The summed E-state index contributed by atoms with van der Waals surface area (Å²) >= 11 is 0. The van der Waals surface area contributed by atoms with Crippen molar-refractivity contribution in [3.63, 3.8) is 0 Å². The minimum Gasteiger partial charge on any atom is -0.381 e. The molecule has 1 heterocycles. The van der Waals surface area contributed by atoms with Gasteiger partial charge in [0.05, 0.1) is 13.2 Å². The summed E-state index contributed by atoms with van der Waals surface area (Å²) in [5.41, 5.74) is 0. The van der Waals surface area contributed by atoms with Crippen LogP contribution >= 0.6 is 0 Å². The van der Waals surface area contributed by atoms with Crippen molar-refractivity contribution in [3.8, 4) is 0 Å². The lowest BCUT2D eigenvalue weighted by molar-refractivity contribution is 0.0132. The highest BCUT2D eigenvalue weighted by Crippen LogP contribution is 2.16. The molecular weight excluding hydrogens is 228 g/mol. The number of hydrogen-bond acceptors (Lipinski definition) is 4. The average molecular weight is 258 g/mol. The summed E-state index contributed by atoms with van der Waals surface area (Å²) in [7, 11) is 0. The van der Waals surface area contributed by atoms with Gasteiger partial charge in [-0.15, -0.1) is 0 Å². The molecule has 108 valence electrons. The molecule has 1 aliphatic heterocycles. The zero-order valence-corrected chi connectivity index (χ0v) is 12.3. The minimum absolute atomic E-state index is 0.611. The molecule has 0 aliphatic carbocycles. The zero-order chi connectivity index (χ0) is 13.2. The molecule has 0 aromatic heterocycles. The number of nitrogens with zero attached hydrogens (tertiary/aromatic N) is 1. The molecule has 1 saturated heterocycles. The number of rotatable bonds is 9. The van der Waals surface area contributed by atoms with E-state index < -0.39 is 0 Å². The van der Waals surface area contributed by atoms with Crippen molar-refractivity contribution >= 4 is 0 Å². The first-order chi connectivity index (χ1) is 8.81. The Kier molecular flexibility index (Phi) is 8.59. The van der Waals surface area contributed by atoms with Crippen molar-refractivity contribution in [2.24, 2.45) is 5.92 Å². The van der Waals surface area contributed by atoms with Crippen molar-refractivity contribution in [1.82, 2.24) is 10.2 Å². The number of ether oxygens (including phenoxy) is 2. The van der Waals surface area contributed by atoms with Crippen LogP contribution in [-0.2, 0) is 9.47 Å². The molecule has 0 saturated carbocycles. The Labute approximate surface area is 112 Å². The van der Waals surface area contributed by atoms with Crippen LogP contribution in [-0.4, -0.2) is 63.5 Å². The minimum atomic E-state index is 0.611. The van der Waals surface area contributed by atoms with E-state index in [4.69, 9.17) is 9.47 Å². The molecule has 0 spiro atoms. The average Bonchev–Trinajstić information content (AvgIpc) is 2.40. The second-order valence-corrected chi connectivity index (χ2v) is 4.88. The summed E-state index contributed by atoms with van der Waals surface area (Å²) in [6, 6.07) is 0.616. The van der Waals surface area contributed by atoms with Crippen LogP contribution in [0.2, 0.25) is 0 Å². The standard InChI is InChI=1S/C14H30N2O2/c1-4-15-14-7-9-18-12-13(14)11-16(5-2)8-10-17-6-3/h13-15H,4-12H2,1-3H3. The zero-order valence-electron chi connectivity index (χ0n) is 12.3. The Bertz CT molecular complexity index is 200. The van der Waals surface area contributed by atoms with Gasteiger partial charge in [0.25, 0.3) is 0 Å². The highest BCUT2D eigenvalue weighted by molar-refractivity contribution is 4.81. The Hall–Kier alpha value is -0.160. The van der Waals surface area contributed by atoms with Gasteiger partial charge in [-0.3, -0.25) is 0 Å². The Balaban J connectivity index is 2.34. The van der Waals surface area contributed by atoms with Gasteiger partial charge in [0.2, 0.25) is 0 Å². The molecule has 2 atom stereocenters. The maximum atomic E-state index is 5.63. The topological polar surface area (TPSA) is 33.7 Å². The maximum absolute atomic E-state index is 5.63. The van der Waals surface area contributed by atoms with Crippen LogP contribution in [0.5, 0.6) is 0 Å². The van der Waals surface area contributed by atoms with E-state index >= 15 is 0 Å². The maximum Gasteiger partial charge on any atom is 0.0593 e. The van der Waals surface area contributed by atoms with Crippen molar-refractivity contribution in [2.45, 2.75) is 33.2 Å². The van der Waals surface area contributed by atoms with Crippen molar-refractivity contribution < 1.29 is 9.47 Å². The van der Waals surface area contributed by atoms with Gasteiger partial charge in [-0.2, -0.15) is 0 Å². The van der Waals surface area contributed by atoms with Gasteiger partial charge in [0.1, 0.15) is 0 Å². The molecule has 0 aromatic carbocycles. The normalized spacial score (nSPS) is 24.7. The summed E-state index contributed by atoms with van der Waals surface area (Å²) < 4.78 is 11.1. The van der Waals surface area contributed by atoms with Gasteiger partial charge in [-0.25, -0.2) is 0 Å². The number of nitrogens with one attached hydrogen (secondary N) is 1. The first kappa shape index (κ1) is 15.9. The Morgan fingerprint density at radius 2 is 2.17 bits per heavy atom. The van der Waals surface area contributed by atoms with Gasteiger partial charge in [0.15, 0.2) is 0 Å². The fraction of sp³-hybridized carbons (Fsp3) is 1.00. The van der Waals surface area contributed by atoms with E-state index in [1.165, 1.54) is 0 Å². The predicted molar refractivity (Wildman–Crippen MR) is 75.0 cm³/mol. The third kappa shape index (κ3) is 5.65. The van der Waals surface area contributed by atoms with Crippen LogP contribution in [0.1, 0.15) is 27.2 Å². The molecule has 0 amide bonds. The second kappa shape index (κ2) is 9.73. The highest BCUT2D eigenvalue weighted by Gasteiger charge is 2.26. The van der Waals surface area contributed by atoms with E-state index in [1.807, 2.05) is 6.92 Å². The monoisotopic (exact) mass is 258 g/mol. The summed E-state index contributed by atoms with van der Waals surface area (Å²) in [4.78, 5) is 2.47. The third-order valence-electron chi connectivity index (χ3n) is 3.64. The van der Waals surface area contributed by atoms with Gasteiger partial charge >= 0.3 is 0 Å². The molecule has 2 unspecified atom stereocenters. The molecule has 4 nitrogen and oxygen atoms in total. The summed E-state index contributed by atoms with van der Waals surface area (Å²) in [5.74, 6) is 0.611. The predicted octanol–water partition coefficient (Wildman–Crippen LogP) is 1.36. The Morgan fingerprint density at radius 3 is 2.83 bits per heavy atom. The highest BCUT2D eigenvalue weighted by atomic mass is 16.5. The third-order valence-corrected chi connectivity index (χ3v) is 3.64. The van der Waals surface area contributed by atoms with E-state index in [0.717, 1.165) is 59.0 Å². The van der Waals surface area contributed by atoms with Crippen LogP contribution in [0.15, 0.2) is 0 Å². The molecule has 0 aromatic rings. The molecule has 1 N–H and O–H groups in total. The second-order valence-electron chi connectivity index (χ2n) is 4.88. The van der Waals surface area contributed by atoms with Crippen LogP contribution in [0.4, 0.5) is 0 Å². The Morgan fingerprint density at radius 1 is 1.33 bits per heavy atom. The lowest BCUT2D eigenvalue weighted by Gasteiger charge is -2.35. The first-order valence-corrected chi connectivity index (χ1v) is 7.43. The lowest BCUT2D eigenvalue weighted by Crippen LogP contribution is -2.48. The molecule has 0 bridgehead atoms. The van der Waals surface area contributed by atoms with Crippen molar-refractivity contribution in [2.75, 3.05) is 52.6 Å². The summed E-state index contributed by atoms with van der Waals surface area (Å²) in [5, 5.41) is 3.59. The summed E-state index contributed by atoms with van der Waals surface area (Å²) in [6.45, 7) is 14.2. The number of hydrogen-bond donors (Lipinski definition) is 1. The van der Waals surface area contributed by atoms with Gasteiger partial charge in [-0.05, 0) is 26.4 Å². The van der Waals surface area contributed by atoms with E-state index in [1.54, 1.807) is 0 Å². The SMILES string of the molecule is CCNC1CCOCC1CN(CC)CCOCC. The van der Waals surface area contributed by atoms with Crippen LogP contribution in [0, 0.1) is 5.92 Å². The largest absolute Gasteiger partial charge is 0.381 e. The molecule has 0 radical (unpaired) electrons. The van der Waals surface area contributed by atoms with E-state index in [9.17, 15) is 0 Å². The lowest BCUT2D eigenvalue weighted by atomic mass is 9.95. The van der Waals surface area contributed by atoms with Gasteiger partial charge in [0, 0.05) is 38.3 Å². The first-order valence-electron chi connectivity index (χ1n) is 7.43. The van der Waals surface area contributed by atoms with E-state index in [-0.39, 0.29) is 0 Å². The van der Waals surface area contributed by atoms with E-state index in [2.05, 4.69) is 24.1 Å². The smallest absolute Gasteiger partial charge is 0.0593 e. The molecule has 1 rings (SSSR count). The van der Waals surface area contributed by atoms with Crippen LogP contribution in [0.25, 0.3) is 0 Å². The van der Waals surface area contributed by atoms with Crippen molar-refractivity contribution in [3.05, 3.63) is 0 Å². The molecule has 1 fully saturated rings. The molecule has 4 heteroatoms. The van der Waals surface area contributed by atoms with Crippen LogP contribution < -0.4 is 5.32 Å². The quantitative estimate of drug-likeness (QED) is 0.633. The fourth-order valence-electron chi connectivity index (χ4n) is 2.56.